The third-order valence-corrected chi connectivity index (χ3v) is 1.64. The summed E-state index contributed by atoms with van der Waals surface area (Å²) in [6.07, 6.45) is 5.97. The van der Waals surface area contributed by atoms with Crippen LogP contribution in [-0.4, -0.2) is 0 Å². The van der Waals surface area contributed by atoms with Crippen molar-refractivity contribution < 1.29 is 17.0 Å². The molecule has 3 heteroatoms. The van der Waals surface area contributed by atoms with Crippen LogP contribution in [0.1, 0.15) is 5.56 Å². The van der Waals surface area contributed by atoms with Crippen LogP contribution in [0.2, 0.25) is 0 Å². The van der Waals surface area contributed by atoms with Crippen molar-refractivity contribution in [3.05, 3.63) is 41.7 Å². The number of allylic oxidation sites excluding steroid dienone is 1. The summed E-state index contributed by atoms with van der Waals surface area (Å²) >= 11 is 5.39. The van der Waals surface area contributed by atoms with Gasteiger partial charge < -0.3 is 12.4 Å². The van der Waals surface area contributed by atoms with Gasteiger partial charge in [-0.1, -0.05) is 11.6 Å². The van der Waals surface area contributed by atoms with Crippen LogP contribution in [0.3, 0.4) is 0 Å². The molecule has 1 heterocycles. The van der Waals surface area contributed by atoms with Gasteiger partial charge in [0.2, 0.25) is 0 Å². The van der Waals surface area contributed by atoms with Crippen LogP contribution < -0.4 is 17.0 Å². The highest BCUT2D eigenvalue weighted by Crippen LogP contribution is 1.89. The zero-order valence-corrected chi connectivity index (χ0v) is 8.39. The minimum atomic E-state index is 0. The molecular weight excluding hydrogens is 193 g/mol. The Morgan fingerprint density at radius 2 is 2.00 bits per heavy atom. The highest BCUT2D eigenvalue weighted by molar-refractivity contribution is 6.25. The quantitative estimate of drug-likeness (QED) is 0.546. The van der Waals surface area contributed by atoms with Crippen molar-refractivity contribution in [1.82, 2.24) is 0 Å². The minimum absolute atomic E-state index is 0. The molecule has 66 valence electrons. The first-order valence-corrected chi connectivity index (χ1v) is 3.97. The number of rotatable bonds is 2. The molecule has 0 aliphatic heterocycles. The second-order valence-corrected chi connectivity index (χ2v) is 2.69. The van der Waals surface area contributed by atoms with Crippen LogP contribution in [0, 0.1) is 6.92 Å². The zero-order valence-electron chi connectivity index (χ0n) is 6.87. The average Bonchev–Trinajstić information content (AvgIpc) is 2.04. The number of nitrogens with zero attached hydrogens (tertiary/aromatic N) is 1. The highest BCUT2D eigenvalue weighted by Gasteiger charge is 1.93. The molecule has 0 aliphatic rings. The van der Waals surface area contributed by atoms with Crippen molar-refractivity contribution in [3.63, 3.8) is 0 Å². The average molecular weight is 204 g/mol. The molecule has 0 spiro atoms. The Kier molecular flexibility index (Phi) is 5.77. The Hall–Kier alpha value is -0.530. The van der Waals surface area contributed by atoms with Crippen molar-refractivity contribution in [2.75, 3.05) is 0 Å². The Balaban J connectivity index is 0.00000121. The number of hydrogen-bond acceptors (Lipinski definition) is 0. The molecule has 12 heavy (non-hydrogen) atoms. The van der Waals surface area contributed by atoms with Crippen molar-refractivity contribution in [3.8, 4) is 0 Å². The van der Waals surface area contributed by atoms with E-state index in [9.17, 15) is 0 Å². The fourth-order valence-corrected chi connectivity index (χ4v) is 0.895. The first kappa shape index (κ1) is 11.5. The molecule has 0 atom stereocenters. The predicted octanol–water partition coefficient (Wildman–Crippen LogP) is -0.961. The molecule has 0 saturated heterocycles. The van der Waals surface area contributed by atoms with Gasteiger partial charge in [0.1, 0.15) is 0 Å². The monoisotopic (exact) mass is 203 g/mol. The lowest BCUT2D eigenvalue weighted by atomic mass is 10.3. The van der Waals surface area contributed by atoms with Gasteiger partial charge in [-0.2, -0.15) is 0 Å². The van der Waals surface area contributed by atoms with Crippen LogP contribution in [0.15, 0.2) is 36.1 Å². The summed E-state index contributed by atoms with van der Waals surface area (Å²) in [6, 6.07) is 4.14. The standard InChI is InChI=1S/C9H11ClN.ClH/c1-9-3-7-11(8-4-9)6-2-5-10;/h2-5,7-8H,6H2,1H3;1H/q+1;/p-1/b5-2+;. The van der Waals surface area contributed by atoms with E-state index < -0.39 is 0 Å². The van der Waals surface area contributed by atoms with E-state index in [0.717, 1.165) is 6.54 Å². The minimum Gasteiger partial charge on any atom is -1.00 e. The number of aryl methyl sites for hydroxylation is 1. The summed E-state index contributed by atoms with van der Waals surface area (Å²) in [5.74, 6) is 0. The molecule has 0 radical (unpaired) electrons. The summed E-state index contributed by atoms with van der Waals surface area (Å²) in [5, 5.41) is 0. The molecule has 0 aromatic carbocycles. The number of halogens is 2. The Morgan fingerprint density at radius 1 is 1.42 bits per heavy atom. The van der Waals surface area contributed by atoms with Gasteiger partial charge in [-0.05, 0) is 18.6 Å². The van der Waals surface area contributed by atoms with E-state index in [1.165, 1.54) is 11.1 Å². The molecular formula is C9H11Cl2N. The maximum Gasteiger partial charge on any atom is 0.169 e. The lowest BCUT2D eigenvalue weighted by Crippen LogP contribution is -3.00. The Bertz CT molecular complexity index is 241. The van der Waals surface area contributed by atoms with Gasteiger partial charge in [-0.3, -0.25) is 0 Å². The van der Waals surface area contributed by atoms with E-state index in [2.05, 4.69) is 23.6 Å². The van der Waals surface area contributed by atoms with Gasteiger partial charge in [0, 0.05) is 17.7 Å². The number of pyridine rings is 1. The SMILES string of the molecule is Cc1cc[n+](C/C=C/Cl)cc1.[Cl-]. The second kappa shape index (κ2) is 6.04. The van der Waals surface area contributed by atoms with Crippen LogP contribution in [-0.2, 0) is 6.54 Å². The molecule has 0 aliphatic carbocycles. The Morgan fingerprint density at radius 3 is 2.50 bits per heavy atom. The van der Waals surface area contributed by atoms with Crippen molar-refractivity contribution in [2.45, 2.75) is 13.5 Å². The molecule has 0 saturated carbocycles. The van der Waals surface area contributed by atoms with Gasteiger partial charge in [-0.15, -0.1) is 0 Å². The lowest BCUT2D eigenvalue weighted by Gasteiger charge is -1.90. The highest BCUT2D eigenvalue weighted by atomic mass is 35.5. The maximum absolute atomic E-state index is 5.39. The predicted molar refractivity (Wildman–Crippen MR) is 46.4 cm³/mol. The van der Waals surface area contributed by atoms with Crippen molar-refractivity contribution in [1.29, 1.82) is 0 Å². The van der Waals surface area contributed by atoms with Gasteiger partial charge >= 0.3 is 0 Å². The summed E-state index contributed by atoms with van der Waals surface area (Å²) in [7, 11) is 0. The zero-order chi connectivity index (χ0) is 8.10. The topological polar surface area (TPSA) is 3.88 Å². The first-order chi connectivity index (χ1) is 5.33. The van der Waals surface area contributed by atoms with Crippen LogP contribution in [0.25, 0.3) is 0 Å². The van der Waals surface area contributed by atoms with E-state index in [1.54, 1.807) is 0 Å². The van der Waals surface area contributed by atoms with Gasteiger partial charge in [0.15, 0.2) is 18.9 Å². The molecule has 0 fully saturated rings. The van der Waals surface area contributed by atoms with Crippen LogP contribution in [0.5, 0.6) is 0 Å². The largest absolute Gasteiger partial charge is 1.00 e. The summed E-state index contributed by atoms with van der Waals surface area (Å²) in [6.45, 7) is 2.91. The van der Waals surface area contributed by atoms with Crippen LogP contribution in [0.4, 0.5) is 0 Å². The van der Waals surface area contributed by atoms with Crippen LogP contribution >= 0.6 is 11.6 Å². The maximum atomic E-state index is 5.39. The van der Waals surface area contributed by atoms with Crippen molar-refractivity contribution in [2.24, 2.45) is 0 Å². The molecule has 0 amide bonds. The van der Waals surface area contributed by atoms with E-state index >= 15 is 0 Å². The molecule has 1 aromatic rings. The number of aromatic nitrogens is 1. The third kappa shape index (κ3) is 3.74. The summed E-state index contributed by atoms with van der Waals surface area (Å²) < 4.78 is 2.06. The van der Waals surface area contributed by atoms with E-state index in [1.807, 2.05) is 18.5 Å². The van der Waals surface area contributed by atoms with E-state index in [4.69, 9.17) is 11.6 Å². The molecule has 0 bridgehead atoms. The Labute approximate surface area is 84.1 Å². The molecule has 0 unspecified atom stereocenters. The smallest absolute Gasteiger partial charge is 0.169 e. The van der Waals surface area contributed by atoms with Gasteiger partial charge in [0.05, 0.1) is 0 Å². The van der Waals surface area contributed by atoms with Crippen molar-refractivity contribution >= 4 is 11.6 Å². The number of hydrogen-bond donors (Lipinski definition) is 0. The first-order valence-electron chi connectivity index (χ1n) is 3.54. The third-order valence-electron chi connectivity index (χ3n) is 1.46. The lowest BCUT2D eigenvalue weighted by molar-refractivity contribution is -0.687. The molecule has 1 aromatic heterocycles. The van der Waals surface area contributed by atoms with Gasteiger partial charge in [-0.25, -0.2) is 4.57 Å². The fraction of sp³-hybridized carbons (Fsp3) is 0.222. The molecule has 0 N–H and O–H groups in total. The normalized spacial score (nSPS) is 9.83. The summed E-state index contributed by atoms with van der Waals surface area (Å²) in [5.41, 5.74) is 2.81. The van der Waals surface area contributed by atoms with E-state index in [0.29, 0.717) is 0 Å². The molecule has 1 nitrogen and oxygen atoms in total. The second-order valence-electron chi connectivity index (χ2n) is 2.43. The molecule has 1 rings (SSSR count). The van der Waals surface area contributed by atoms with Gasteiger partial charge in [0.25, 0.3) is 0 Å². The summed E-state index contributed by atoms with van der Waals surface area (Å²) in [4.78, 5) is 0. The van der Waals surface area contributed by atoms with E-state index in [-0.39, 0.29) is 12.4 Å². The fourth-order valence-electron chi connectivity index (χ4n) is 0.815.